The summed E-state index contributed by atoms with van der Waals surface area (Å²) in [7, 11) is 2.17. The highest BCUT2D eigenvalue weighted by Gasteiger charge is 2.15. The molecule has 1 unspecified atom stereocenters. The van der Waals surface area contributed by atoms with Gasteiger partial charge in [-0.1, -0.05) is 23.7 Å². The van der Waals surface area contributed by atoms with Crippen molar-refractivity contribution < 1.29 is 0 Å². The molecule has 0 spiro atoms. The summed E-state index contributed by atoms with van der Waals surface area (Å²) in [5, 5.41) is 4.38. The van der Waals surface area contributed by atoms with Gasteiger partial charge in [-0.15, -0.1) is 0 Å². The van der Waals surface area contributed by atoms with E-state index >= 15 is 0 Å². The maximum atomic E-state index is 6.00. The lowest BCUT2D eigenvalue weighted by molar-refractivity contribution is 0.355. The number of halogens is 1. The maximum absolute atomic E-state index is 6.00. The Morgan fingerprint density at radius 3 is 3.07 bits per heavy atom. The predicted octanol–water partition coefficient (Wildman–Crippen LogP) is 2.31. The van der Waals surface area contributed by atoms with Crippen LogP contribution in [0.1, 0.15) is 18.0 Å². The van der Waals surface area contributed by atoms with Crippen LogP contribution >= 0.6 is 11.6 Å². The van der Waals surface area contributed by atoms with Crippen LogP contribution in [0.3, 0.4) is 0 Å². The first kappa shape index (κ1) is 10.9. The van der Waals surface area contributed by atoms with Gasteiger partial charge in [0.2, 0.25) is 0 Å². The van der Waals surface area contributed by atoms with E-state index in [1.807, 2.05) is 12.1 Å². The van der Waals surface area contributed by atoms with E-state index in [-0.39, 0.29) is 0 Å². The quantitative estimate of drug-likeness (QED) is 0.788. The fourth-order valence-electron chi connectivity index (χ4n) is 2.00. The normalized spacial score (nSPS) is 23.7. The minimum absolute atomic E-state index is 0.452. The molecule has 0 aliphatic carbocycles. The minimum Gasteiger partial charge on any atom is -0.309 e. The van der Waals surface area contributed by atoms with Crippen molar-refractivity contribution in [2.45, 2.75) is 12.5 Å². The van der Waals surface area contributed by atoms with Crippen LogP contribution in [0, 0.1) is 0 Å². The molecule has 15 heavy (non-hydrogen) atoms. The van der Waals surface area contributed by atoms with Crippen molar-refractivity contribution >= 4 is 11.6 Å². The second-order valence-electron chi connectivity index (χ2n) is 4.15. The van der Waals surface area contributed by atoms with Crippen molar-refractivity contribution in [1.82, 2.24) is 10.2 Å². The van der Waals surface area contributed by atoms with Crippen LogP contribution in [-0.2, 0) is 0 Å². The van der Waals surface area contributed by atoms with E-state index < -0.39 is 0 Å². The third kappa shape index (κ3) is 2.94. The fraction of sp³-hybridized carbons (Fsp3) is 0.500. The molecule has 3 heteroatoms. The number of rotatable bonds is 1. The van der Waals surface area contributed by atoms with Crippen molar-refractivity contribution in [3.63, 3.8) is 0 Å². The van der Waals surface area contributed by atoms with E-state index in [1.54, 1.807) is 0 Å². The van der Waals surface area contributed by atoms with Gasteiger partial charge in [-0.2, -0.15) is 0 Å². The van der Waals surface area contributed by atoms with Gasteiger partial charge < -0.3 is 10.2 Å². The van der Waals surface area contributed by atoms with Crippen LogP contribution in [-0.4, -0.2) is 31.6 Å². The smallest absolute Gasteiger partial charge is 0.0409 e. The van der Waals surface area contributed by atoms with E-state index in [4.69, 9.17) is 11.6 Å². The van der Waals surface area contributed by atoms with E-state index in [2.05, 4.69) is 29.4 Å². The average molecular weight is 225 g/mol. The third-order valence-corrected chi connectivity index (χ3v) is 3.17. The summed E-state index contributed by atoms with van der Waals surface area (Å²) in [4.78, 5) is 2.36. The maximum Gasteiger partial charge on any atom is 0.0409 e. The molecular formula is C12H17ClN2. The topological polar surface area (TPSA) is 15.3 Å². The van der Waals surface area contributed by atoms with Gasteiger partial charge in [-0.25, -0.2) is 0 Å². The summed E-state index contributed by atoms with van der Waals surface area (Å²) in [5.74, 6) is 0. The number of hydrogen-bond acceptors (Lipinski definition) is 2. The predicted molar refractivity (Wildman–Crippen MR) is 64.3 cm³/mol. The van der Waals surface area contributed by atoms with E-state index in [9.17, 15) is 0 Å². The molecule has 1 aromatic rings. The van der Waals surface area contributed by atoms with Crippen molar-refractivity contribution in [2.75, 3.05) is 26.7 Å². The molecule has 1 N–H and O–H groups in total. The Balaban J connectivity index is 2.09. The molecule has 1 atom stereocenters. The van der Waals surface area contributed by atoms with Crippen LogP contribution in [0.15, 0.2) is 24.3 Å². The first-order valence-corrected chi connectivity index (χ1v) is 5.81. The van der Waals surface area contributed by atoms with Crippen LogP contribution in [0.5, 0.6) is 0 Å². The van der Waals surface area contributed by atoms with Crippen LogP contribution < -0.4 is 5.32 Å². The van der Waals surface area contributed by atoms with Crippen molar-refractivity contribution in [1.29, 1.82) is 0 Å². The Labute approximate surface area is 96.2 Å². The first-order valence-electron chi connectivity index (χ1n) is 5.43. The molecule has 1 aliphatic heterocycles. The Morgan fingerprint density at radius 2 is 2.27 bits per heavy atom. The Bertz CT molecular complexity index is 327. The molecule has 0 radical (unpaired) electrons. The SMILES string of the molecule is CN1CCNC(c2cccc(Cl)c2)CC1. The van der Waals surface area contributed by atoms with Gasteiger partial charge in [-0.05, 0) is 37.7 Å². The molecule has 2 nitrogen and oxygen atoms in total. The minimum atomic E-state index is 0.452. The largest absolute Gasteiger partial charge is 0.309 e. The molecule has 1 aliphatic rings. The molecule has 1 aromatic carbocycles. The van der Waals surface area contributed by atoms with Gasteiger partial charge >= 0.3 is 0 Å². The van der Waals surface area contributed by atoms with Gasteiger partial charge in [0.1, 0.15) is 0 Å². The van der Waals surface area contributed by atoms with Gasteiger partial charge in [-0.3, -0.25) is 0 Å². The monoisotopic (exact) mass is 224 g/mol. The molecule has 0 bridgehead atoms. The molecule has 82 valence electrons. The second-order valence-corrected chi connectivity index (χ2v) is 4.59. The third-order valence-electron chi connectivity index (χ3n) is 2.93. The Hall–Kier alpha value is -0.570. The number of hydrogen-bond donors (Lipinski definition) is 1. The van der Waals surface area contributed by atoms with Gasteiger partial charge in [0.25, 0.3) is 0 Å². The zero-order valence-electron chi connectivity index (χ0n) is 9.04. The summed E-state index contributed by atoms with van der Waals surface area (Å²) in [6.45, 7) is 3.31. The number of likely N-dealkylation sites (N-methyl/N-ethyl adjacent to an activating group) is 1. The summed E-state index contributed by atoms with van der Waals surface area (Å²) in [6, 6.07) is 8.61. The van der Waals surface area contributed by atoms with Crippen LogP contribution in [0.25, 0.3) is 0 Å². The van der Waals surface area contributed by atoms with E-state index in [0.29, 0.717) is 6.04 Å². The molecule has 0 saturated carbocycles. The number of nitrogens with one attached hydrogen (secondary N) is 1. The first-order chi connectivity index (χ1) is 7.25. The van der Waals surface area contributed by atoms with Crippen LogP contribution in [0.2, 0.25) is 5.02 Å². The standard InChI is InChI=1S/C12H17ClN2/c1-15-7-5-12(14-6-8-15)10-3-2-4-11(13)9-10/h2-4,9,12,14H,5-8H2,1H3. The molecule has 0 amide bonds. The number of nitrogens with zero attached hydrogens (tertiary/aromatic N) is 1. The Kier molecular flexibility index (Phi) is 3.62. The lowest BCUT2D eigenvalue weighted by Crippen LogP contribution is -2.24. The van der Waals surface area contributed by atoms with Gasteiger partial charge in [0, 0.05) is 24.2 Å². The second kappa shape index (κ2) is 4.97. The Morgan fingerprint density at radius 1 is 1.40 bits per heavy atom. The summed E-state index contributed by atoms with van der Waals surface area (Å²) < 4.78 is 0. The van der Waals surface area contributed by atoms with E-state index in [0.717, 1.165) is 31.1 Å². The van der Waals surface area contributed by atoms with E-state index in [1.165, 1.54) is 5.56 Å². The lowest BCUT2D eigenvalue weighted by atomic mass is 10.0. The zero-order chi connectivity index (χ0) is 10.7. The fourth-order valence-corrected chi connectivity index (χ4v) is 2.20. The highest BCUT2D eigenvalue weighted by atomic mass is 35.5. The summed E-state index contributed by atoms with van der Waals surface area (Å²) >= 11 is 6.00. The average Bonchev–Trinajstić information content (AvgIpc) is 2.43. The molecule has 0 aromatic heterocycles. The highest BCUT2D eigenvalue weighted by molar-refractivity contribution is 6.30. The summed E-state index contributed by atoms with van der Waals surface area (Å²) in [5.41, 5.74) is 1.30. The molecule has 2 rings (SSSR count). The molecule has 1 heterocycles. The van der Waals surface area contributed by atoms with Crippen molar-refractivity contribution in [3.8, 4) is 0 Å². The number of benzene rings is 1. The van der Waals surface area contributed by atoms with Crippen molar-refractivity contribution in [2.24, 2.45) is 0 Å². The van der Waals surface area contributed by atoms with Crippen LogP contribution in [0.4, 0.5) is 0 Å². The molecular weight excluding hydrogens is 208 g/mol. The molecule has 1 saturated heterocycles. The van der Waals surface area contributed by atoms with Crippen molar-refractivity contribution in [3.05, 3.63) is 34.9 Å². The molecule has 1 fully saturated rings. The summed E-state index contributed by atoms with van der Waals surface area (Å²) in [6.07, 6.45) is 1.15. The van der Waals surface area contributed by atoms with Gasteiger partial charge in [0.15, 0.2) is 0 Å². The lowest BCUT2D eigenvalue weighted by Gasteiger charge is -2.16. The van der Waals surface area contributed by atoms with Gasteiger partial charge in [0.05, 0.1) is 0 Å². The highest BCUT2D eigenvalue weighted by Crippen LogP contribution is 2.21. The zero-order valence-corrected chi connectivity index (χ0v) is 9.80.